The van der Waals surface area contributed by atoms with Gasteiger partial charge in [0.2, 0.25) is 0 Å². The Morgan fingerprint density at radius 2 is 0.956 bits per heavy atom. The van der Waals surface area contributed by atoms with Crippen LogP contribution < -0.4 is 4.90 Å². The van der Waals surface area contributed by atoms with Crippen LogP contribution in [0.25, 0.3) is 39.7 Å². The van der Waals surface area contributed by atoms with Crippen molar-refractivity contribution >= 4 is 16.9 Å². The minimum Gasteiger partial charge on any atom is -0.316 e. The number of hydrogen-bond donors (Lipinski definition) is 0. The summed E-state index contributed by atoms with van der Waals surface area (Å²) in [5, 5.41) is 0. The number of para-hydroxylation sites is 2. The normalized spacial score (nSPS) is 15.6. The number of aromatic nitrogens is 5. The molecule has 0 aliphatic carbocycles. The molecule has 6 heteroatoms. The third-order valence-corrected chi connectivity index (χ3v) is 9.24. The van der Waals surface area contributed by atoms with E-state index in [1.54, 1.807) is 0 Å². The molecular weight excluding hydrogens is 552 g/mol. The molecule has 2 aromatic heterocycles. The van der Waals surface area contributed by atoms with E-state index in [-0.39, 0.29) is 10.8 Å². The molecule has 0 saturated carbocycles. The third kappa shape index (κ3) is 4.28. The van der Waals surface area contributed by atoms with Crippen LogP contribution in [0.15, 0.2) is 122 Å². The Balaban J connectivity index is 1.24. The Kier molecular flexibility index (Phi) is 6.04. The summed E-state index contributed by atoms with van der Waals surface area (Å²) in [4.78, 5) is 26.7. The van der Waals surface area contributed by atoms with Gasteiger partial charge in [-0.3, -0.25) is 0 Å². The van der Waals surface area contributed by atoms with Gasteiger partial charge in [-0.15, -0.1) is 0 Å². The summed E-state index contributed by atoms with van der Waals surface area (Å²) in [6, 6.07) is 35.4. The Hall–Kier alpha value is -5.49. The SMILES string of the molecule is CC1(C)C(c2ncc(-c3nc(-c4ccccc4)nc(-c4ccccc4)n3)cn2)=CN2c3ccccc3C(C)(C)c3cccc1c32. The zero-order valence-electron chi connectivity index (χ0n) is 25.7. The van der Waals surface area contributed by atoms with Crippen LogP contribution in [0, 0.1) is 0 Å². The second kappa shape index (κ2) is 10.0. The number of hydrogen-bond acceptors (Lipinski definition) is 6. The Labute approximate surface area is 263 Å². The maximum Gasteiger partial charge on any atom is 0.167 e. The van der Waals surface area contributed by atoms with E-state index in [1.165, 1.54) is 28.1 Å². The van der Waals surface area contributed by atoms with E-state index in [0.717, 1.165) is 22.3 Å². The van der Waals surface area contributed by atoms with Gasteiger partial charge in [-0.05, 0) is 22.8 Å². The highest BCUT2D eigenvalue weighted by Crippen LogP contribution is 2.56. The highest BCUT2D eigenvalue weighted by Gasteiger charge is 2.44. The molecule has 6 aromatic rings. The van der Waals surface area contributed by atoms with Crippen LogP contribution in [0.3, 0.4) is 0 Å². The van der Waals surface area contributed by atoms with Gasteiger partial charge in [0.1, 0.15) is 0 Å². The predicted molar refractivity (Wildman–Crippen MR) is 180 cm³/mol. The first-order chi connectivity index (χ1) is 21.8. The van der Waals surface area contributed by atoms with Crippen molar-refractivity contribution < 1.29 is 0 Å². The van der Waals surface area contributed by atoms with Crippen molar-refractivity contribution in [3.05, 3.63) is 144 Å². The van der Waals surface area contributed by atoms with E-state index in [0.29, 0.717) is 23.3 Å². The number of benzene rings is 4. The summed E-state index contributed by atoms with van der Waals surface area (Å²) in [6.45, 7) is 9.17. The van der Waals surface area contributed by atoms with Crippen molar-refractivity contribution in [1.29, 1.82) is 0 Å². The Morgan fingerprint density at radius 3 is 1.56 bits per heavy atom. The van der Waals surface area contributed by atoms with Crippen LogP contribution in [0.1, 0.15) is 50.2 Å². The van der Waals surface area contributed by atoms with Gasteiger partial charge in [-0.1, -0.05) is 125 Å². The summed E-state index contributed by atoms with van der Waals surface area (Å²) in [7, 11) is 0. The largest absolute Gasteiger partial charge is 0.316 e. The number of anilines is 2. The first kappa shape index (κ1) is 27.1. The molecule has 0 amide bonds. The number of nitrogens with zero attached hydrogens (tertiary/aromatic N) is 6. The second-order valence-corrected chi connectivity index (χ2v) is 12.7. The maximum atomic E-state index is 4.94. The Morgan fingerprint density at radius 1 is 0.467 bits per heavy atom. The first-order valence-corrected chi connectivity index (χ1v) is 15.3. The predicted octanol–water partition coefficient (Wildman–Crippen LogP) is 8.77. The van der Waals surface area contributed by atoms with Crippen molar-refractivity contribution in [3.63, 3.8) is 0 Å². The van der Waals surface area contributed by atoms with Crippen molar-refractivity contribution in [3.8, 4) is 34.2 Å². The molecule has 8 rings (SSSR count). The molecule has 0 bridgehead atoms. The monoisotopic (exact) mass is 584 g/mol. The van der Waals surface area contributed by atoms with Crippen LogP contribution in [-0.4, -0.2) is 24.9 Å². The molecule has 0 atom stereocenters. The van der Waals surface area contributed by atoms with Gasteiger partial charge in [-0.2, -0.15) is 0 Å². The van der Waals surface area contributed by atoms with Crippen molar-refractivity contribution in [2.24, 2.45) is 0 Å². The molecule has 0 N–H and O–H groups in total. The van der Waals surface area contributed by atoms with Gasteiger partial charge >= 0.3 is 0 Å². The maximum absolute atomic E-state index is 4.94. The fraction of sp³-hybridized carbons (Fsp3) is 0.154. The summed E-state index contributed by atoms with van der Waals surface area (Å²) < 4.78 is 0. The molecule has 6 nitrogen and oxygen atoms in total. The molecule has 4 aromatic carbocycles. The summed E-state index contributed by atoms with van der Waals surface area (Å²) in [5.74, 6) is 2.44. The van der Waals surface area contributed by atoms with Crippen LogP contribution in [-0.2, 0) is 10.8 Å². The zero-order chi connectivity index (χ0) is 30.8. The van der Waals surface area contributed by atoms with E-state index < -0.39 is 0 Å². The van der Waals surface area contributed by atoms with Gasteiger partial charge in [0.25, 0.3) is 0 Å². The lowest BCUT2D eigenvalue weighted by molar-refractivity contribution is 0.613. The lowest BCUT2D eigenvalue weighted by Crippen LogP contribution is -2.37. The number of allylic oxidation sites excluding steroid dienone is 1. The lowest BCUT2D eigenvalue weighted by Gasteiger charge is -2.47. The Bertz CT molecular complexity index is 2040. The van der Waals surface area contributed by atoms with E-state index in [4.69, 9.17) is 24.9 Å². The summed E-state index contributed by atoms with van der Waals surface area (Å²) in [6.07, 6.45) is 5.90. The van der Waals surface area contributed by atoms with Crippen LogP contribution in [0.2, 0.25) is 0 Å². The lowest BCUT2D eigenvalue weighted by atomic mass is 9.67. The zero-order valence-corrected chi connectivity index (χ0v) is 25.7. The molecule has 2 aliphatic rings. The van der Waals surface area contributed by atoms with Crippen LogP contribution in [0.4, 0.5) is 11.4 Å². The van der Waals surface area contributed by atoms with Crippen molar-refractivity contribution in [1.82, 2.24) is 24.9 Å². The van der Waals surface area contributed by atoms with E-state index >= 15 is 0 Å². The van der Waals surface area contributed by atoms with Crippen LogP contribution >= 0.6 is 0 Å². The molecule has 218 valence electrons. The average molecular weight is 585 g/mol. The molecule has 0 spiro atoms. The topological polar surface area (TPSA) is 67.7 Å². The molecule has 45 heavy (non-hydrogen) atoms. The molecule has 0 radical (unpaired) electrons. The molecule has 0 saturated heterocycles. The van der Waals surface area contributed by atoms with Crippen molar-refractivity contribution in [2.45, 2.75) is 38.5 Å². The average Bonchev–Trinajstić information content (AvgIpc) is 3.08. The molecule has 0 unspecified atom stereocenters. The fourth-order valence-corrected chi connectivity index (χ4v) is 6.72. The molecule has 2 aliphatic heterocycles. The fourth-order valence-electron chi connectivity index (χ4n) is 6.72. The third-order valence-electron chi connectivity index (χ3n) is 9.24. The van der Waals surface area contributed by atoms with Gasteiger partial charge in [-0.25, -0.2) is 24.9 Å². The molecule has 4 heterocycles. The molecule has 0 fully saturated rings. The van der Waals surface area contributed by atoms with E-state index in [1.807, 2.05) is 73.1 Å². The first-order valence-electron chi connectivity index (χ1n) is 15.3. The van der Waals surface area contributed by atoms with Gasteiger partial charge in [0, 0.05) is 51.8 Å². The minimum absolute atomic E-state index is 0.111. The van der Waals surface area contributed by atoms with E-state index in [2.05, 4.69) is 81.3 Å². The molecular formula is C39H32N6. The highest BCUT2D eigenvalue weighted by molar-refractivity contribution is 5.91. The van der Waals surface area contributed by atoms with Crippen LogP contribution in [0.5, 0.6) is 0 Å². The summed E-state index contributed by atoms with van der Waals surface area (Å²) >= 11 is 0. The van der Waals surface area contributed by atoms with Gasteiger partial charge < -0.3 is 4.90 Å². The number of fused-ring (bicyclic) bond motifs is 2. The van der Waals surface area contributed by atoms with Crippen molar-refractivity contribution in [2.75, 3.05) is 4.90 Å². The van der Waals surface area contributed by atoms with E-state index in [9.17, 15) is 0 Å². The highest BCUT2D eigenvalue weighted by atomic mass is 15.2. The number of rotatable bonds is 4. The quantitative estimate of drug-likeness (QED) is 0.206. The minimum atomic E-state index is -0.320. The second-order valence-electron chi connectivity index (χ2n) is 12.7. The van der Waals surface area contributed by atoms with Gasteiger partial charge in [0.05, 0.1) is 11.3 Å². The standard InChI is InChI=1S/C39H32N6/c1-38(2)28-18-11-12-21-32(28)45-24-31(39(3,4)30-20-13-19-29(38)33(30)45)37-40-22-27(23-41-37)36-43-34(25-14-7-5-8-15-25)42-35(44-36)26-16-9-6-10-17-26/h5-24H,1-4H3. The summed E-state index contributed by atoms with van der Waals surface area (Å²) in [5.41, 5.74) is 9.57. The van der Waals surface area contributed by atoms with Gasteiger partial charge in [0.15, 0.2) is 23.3 Å². The smallest absolute Gasteiger partial charge is 0.167 e.